The third-order valence-corrected chi connectivity index (χ3v) is 2.61. The van der Waals surface area contributed by atoms with Crippen molar-refractivity contribution < 1.29 is 9.53 Å². The minimum Gasteiger partial charge on any atom is -0.383 e. The van der Waals surface area contributed by atoms with Gasteiger partial charge in [-0.1, -0.05) is 11.6 Å². The number of carbonyl (C=O) groups is 1. The highest BCUT2D eigenvalue weighted by atomic mass is 35.5. The van der Waals surface area contributed by atoms with E-state index < -0.39 is 0 Å². The topological polar surface area (TPSA) is 50.4 Å². The number of methoxy groups -OCH3 is 1. The molecule has 1 aromatic rings. The zero-order valence-electron chi connectivity index (χ0n) is 10.9. The van der Waals surface area contributed by atoms with E-state index >= 15 is 0 Å². The summed E-state index contributed by atoms with van der Waals surface area (Å²) in [6.07, 6.45) is 0. The van der Waals surface area contributed by atoms with Crippen LogP contribution in [-0.2, 0) is 9.53 Å². The van der Waals surface area contributed by atoms with Gasteiger partial charge in [0.25, 0.3) is 0 Å². The number of hydrogen-bond donors (Lipinski definition) is 2. The summed E-state index contributed by atoms with van der Waals surface area (Å²) >= 11 is 5.77. The molecule has 0 saturated carbocycles. The van der Waals surface area contributed by atoms with Gasteiger partial charge in [-0.05, 0) is 38.1 Å². The van der Waals surface area contributed by atoms with Gasteiger partial charge in [-0.3, -0.25) is 4.79 Å². The van der Waals surface area contributed by atoms with Gasteiger partial charge in [0.05, 0.1) is 13.2 Å². The summed E-state index contributed by atoms with van der Waals surface area (Å²) < 4.78 is 5.06. The van der Waals surface area contributed by atoms with Gasteiger partial charge in [0.2, 0.25) is 5.91 Å². The molecule has 0 aliphatic rings. The fraction of sp³-hybridized carbons (Fsp3) is 0.462. The Morgan fingerprint density at radius 3 is 2.50 bits per heavy atom. The van der Waals surface area contributed by atoms with Crippen molar-refractivity contribution in [3.63, 3.8) is 0 Å². The van der Waals surface area contributed by atoms with E-state index in [0.29, 0.717) is 11.6 Å². The van der Waals surface area contributed by atoms with Crippen LogP contribution in [0.25, 0.3) is 0 Å². The minimum absolute atomic E-state index is 0.0958. The van der Waals surface area contributed by atoms with E-state index in [1.807, 2.05) is 13.8 Å². The molecule has 0 aliphatic heterocycles. The van der Waals surface area contributed by atoms with Crippen molar-refractivity contribution in [3.8, 4) is 0 Å². The van der Waals surface area contributed by atoms with Gasteiger partial charge in [-0.15, -0.1) is 0 Å². The van der Waals surface area contributed by atoms with Crippen LogP contribution in [0.1, 0.15) is 13.8 Å². The predicted molar refractivity (Wildman–Crippen MR) is 74.0 cm³/mol. The lowest BCUT2D eigenvalue weighted by Gasteiger charge is -2.24. The third-order valence-electron chi connectivity index (χ3n) is 2.36. The van der Waals surface area contributed by atoms with E-state index in [9.17, 15) is 4.79 Å². The van der Waals surface area contributed by atoms with Crippen molar-refractivity contribution in [2.75, 3.05) is 25.6 Å². The van der Waals surface area contributed by atoms with Crippen molar-refractivity contribution >= 4 is 23.2 Å². The van der Waals surface area contributed by atoms with Gasteiger partial charge in [0.15, 0.2) is 0 Å². The first-order chi connectivity index (χ1) is 8.43. The van der Waals surface area contributed by atoms with Gasteiger partial charge in [-0.2, -0.15) is 0 Å². The van der Waals surface area contributed by atoms with Crippen LogP contribution in [0.15, 0.2) is 24.3 Å². The van der Waals surface area contributed by atoms with Crippen molar-refractivity contribution in [3.05, 3.63) is 29.3 Å². The third kappa shape index (κ3) is 5.49. The van der Waals surface area contributed by atoms with Gasteiger partial charge in [-0.25, -0.2) is 0 Å². The van der Waals surface area contributed by atoms with Crippen LogP contribution in [0.5, 0.6) is 0 Å². The summed E-state index contributed by atoms with van der Waals surface area (Å²) in [6, 6.07) is 7.00. The van der Waals surface area contributed by atoms with E-state index in [2.05, 4.69) is 10.6 Å². The molecule has 0 aliphatic carbocycles. The largest absolute Gasteiger partial charge is 0.383 e. The maximum Gasteiger partial charge on any atom is 0.238 e. The maximum atomic E-state index is 11.7. The second-order valence-electron chi connectivity index (χ2n) is 4.73. The molecule has 5 heteroatoms. The molecule has 2 N–H and O–H groups in total. The molecule has 0 atom stereocenters. The van der Waals surface area contributed by atoms with Gasteiger partial charge in [0.1, 0.15) is 0 Å². The molecule has 1 amide bonds. The van der Waals surface area contributed by atoms with Crippen molar-refractivity contribution in [2.45, 2.75) is 19.4 Å². The van der Waals surface area contributed by atoms with Gasteiger partial charge < -0.3 is 15.4 Å². The van der Waals surface area contributed by atoms with E-state index in [1.54, 1.807) is 31.4 Å². The number of rotatable bonds is 6. The van der Waals surface area contributed by atoms with Crippen molar-refractivity contribution in [2.24, 2.45) is 0 Å². The molecule has 1 aromatic carbocycles. The van der Waals surface area contributed by atoms with Crippen molar-refractivity contribution in [1.82, 2.24) is 5.32 Å². The number of amides is 1. The quantitative estimate of drug-likeness (QED) is 0.834. The second-order valence-corrected chi connectivity index (χ2v) is 5.16. The predicted octanol–water partition coefficient (Wildman–Crippen LogP) is 2.29. The zero-order chi connectivity index (χ0) is 13.6. The lowest BCUT2D eigenvalue weighted by molar-refractivity contribution is -0.115. The average Bonchev–Trinajstić information content (AvgIpc) is 2.30. The number of halogens is 1. The summed E-state index contributed by atoms with van der Waals surface area (Å²) in [5.74, 6) is -0.0958. The molecule has 0 aromatic heterocycles. The second kappa shape index (κ2) is 6.73. The van der Waals surface area contributed by atoms with E-state index in [0.717, 1.165) is 5.69 Å². The molecule has 0 bridgehead atoms. The Kier molecular flexibility index (Phi) is 5.59. The minimum atomic E-state index is -0.230. The molecule has 0 saturated heterocycles. The SMILES string of the molecule is COCC(C)(C)NCC(=O)Nc1ccc(Cl)cc1. The molecule has 0 heterocycles. The maximum absolute atomic E-state index is 11.7. The first-order valence-corrected chi connectivity index (χ1v) is 6.10. The Bertz CT molecular complexity index is 390. The number of hydrogen-bond acceptors (Lipinski definition) is 3. The van der Waals surface area contributed by atoms with E-state index in [-0.39, 0.29) is 18.0 Å². The molecule has 0 unspecified atom stereocenters. The highest BCUT2D eigenvalue weighted by Gasteiger charge is 2.17. The standard InChI is InChI=1S/C13H19ClN2O2/c1-13(2,9-18-3)15-8-12(17)16-11-6-4-10(14)5-7-11/h4-7,15H,8-9H2,1-3H3,(H,16,17). The Hall–Kier alpha value is -1.10. The Labute approximate surface area is 113 Å². The number of benzene rings is 1. The summed E-state index contributed by atoms with van der Waals surface area (Å²) in [7, 11) is 1.64. The zero-order valence-corrected chi connectivity index (χ0v) is 11.7. The Balaban J connectivity index is 2.40. The molecule has 4 nitrogen and oxygen atoms in total. The van der Waals surface area contributed by atoms with E-state index in [1.165, 1.54) is 0 Å². The van der Waals surface area contributed by atoms with Crippen LogP contribution in [0.4, 0.5) is 5.69 Å². The summed E-state index contributed by atoms with van der Waals surface area (Å²) in [6.45, 7) is 4.73. The first-order valence-electron chi connectivity index (χ1n) is 5.72. The van der Waals surface area contributed by atoms with Gasteiger partial charge >= 0.3 is 0 Å². The van der Waals surface area contributed by atoms with Crippen LogP contribution in [0.3, 0.4) is 0 Å². The normalized spacial score (nSPS) is 11.3. The van der Waals surface area contributed by atoms with Crippen LogP contribution in [0.2, 0.25) is 5.02 Å². The molecule has 0 radical (unpaired) electrons. The fourth-order valence-electron chi connectivity index (χ4n) is 1.47. The number of nitrogens with one attached hydrogen (secondary N) is 2. The van der Waals surface area contributed by atoms with Crippen LogP contribution in [-0.4, -0.2) is 31.7 Å². The molecule has 1 rings (SSSR count). The highest BCUT2D eigenvalue weighted by molar-refractivity contribution is 6.30. The summed E-state index contributed by atoms with van der Waals surface area (Å²) in [4.78, 5) is 11.7. The molecular weight excluding hydrogens is 252 g/mol. The van der Waals surface area contributed by atoms with E-state index in [4.69, 9.17) is 16.3 Å². The highest BCUT2D eigenvalue weighted by Crippen LogP contribution is 2.13. The molecule has 0 spiro atoms. The van der Waals surface area contributed by atoms with Crippen LogP contribution >= 0.6 is 11.6 Å². The Morgan fingerprint density at radius 2 is 1.94 bits per heavy atom. The molecular formula is C13H19ClN2O2. The monoisotopic (exact) mass is 270 g/mol. The van der Waals surface area contributed by atoms with Crippen LogP contribution in [0, 0.1) is 0 Å². The smallest absolute Gasteiger partial charge is 0.238 e. The van der Waals surface area contributed by atoms with Gasteiger partial charge in [0, 0.05) is 23.4 Å². The lowest BCUT2D eigenvalue weighted by Crippen LogP contribution is -2.46. The summed E-state index contributed by atoms with van der Waals surface area (Å²) in [5.41, 5.74) is 0.502. The average molecular weight is 271 g/mol. The summed E-state index contributed by atoms with van der Waals surface area (Å²) in [5, 5.41) is 6.56. The number of ether oxygens (including phenoxy) is 1. The fourth-order valence-corrected chi connectivity index (χ4v) is 1.60. The molecule has 100 valence electrons. The molecule has 0 fully saturated rings. The lowest BCUT2D eigenvalue weighted by atomic mass is 10.1. The van der Waals surface area contributed by atoms with Crippen LogP contribution < -0.4 is 10.6 Å². The van der Waals surface area contributed by atoms with Crippen molar-refractivity contribution in [1.29, 1.82) is 0 Å². The Morgan fingerprint density at radius 1 is 1.33 bits per heavy atom. The first kappa shape index (κ1) is 15.0. The number of anilines is 1. The molecule has 18 heavy (non-hydrogen) atoms. The number of carbonyl (C=O) groups excluding carboxylic acids is 1.